The van der Waals surface area contributed by atoms with Gasteiger partial charge in [-0.05, 0) is 43.7 Å². The van der Waals surface area contributed by atoms with Crippen molar-refractivity contribution in [3.8, 4) is 0 Å². The summed E-state index contributed by atoms with van der Waals surface area (Å²) in [6.07, 6.45) is -0.236. The second kappa shape index (κ2) is 6.75. The number of sulfonamides is 1. The maximum Gasteiger partial charge on any atom is 0.416 e. The highest BCUT2D eigenvalue weighted by molar-refractivity contribution is 7.90. The van der Waals surface area contributed by atoms with Gasteiger partial charge in [0, 0.05) is 32.9 Å². The average molecular weight is 377 g/mol. The predicted molar refractivity (Wildman–Crippen MR) is 88.7 cm³/mol. The molecule has 1 saturated carbocycles. The number of rotatable bonds is 5. The van der Waals surface area contributed by atoms with E-state index in [2.05, 4.69) is 4.98 Å². The summed E-state index contributed by atoms with van der Waals surface area (Å²) in [6.45, 7) is 1.63. The van der Waals surface area contributed by atoms with E-state index in [0.717, 1.165) is 37.8 Å². The molecule has 0 spiro atoms. The number of alkyl halides is 3. The fourth-order valence-electron chi connectivity index (χ4n) is 3.20. The average Bonchev–Trinajstić information content (AvgIpc) is 3.40. The summed E-state index contributed by atoms with van der Waals surface area (Å²) in [5.41, 5.74) is -0.699. The third kappa shape index (κ3) is 4.25. The molecule has 1 saturated heterocycles. The van der Waals surface area contributed by atoms with E-state index in [1.807, 2.05) is 4.90 Å². The van der Waals surface area contributed by atoms with Crippen LogP contribution in [-0.2, 0) is 16.2 Å². The monoisotopic (exact) mass is 377 g/mol. The van der Waals surface area contributed by atoms with Crippen molar-refractivity contribution in [2.45, 2.75) is 37.1 Å². The van der Waals surface area contributed by atoms with Gasteiger partial charge in [0.15, 0.2) is 0 Å². The van der Waals surface area contributed by atoms with Crippen LogP contribution in [0.5, 0.6) is 0 Å². The fourth-order valence-corrected chi connectivity index (χ4v) is 4.86. The first-order chi connectivity index (χ1) is 11.7. The van der Waals surface area contributed by atoms with Crippen LogP contribution in [0.4, 0.5) is 19.0 Å². The second-order valence-corrected chi connectivity index (χ2v) is 9.18. The molecule has 0 unspecified atom stereocenters. The Hall–Kier alpha value is -1.35. The van der Waals surface area contributed by atoms with Gasteiger partial charge in [-0.1, -0.05) is 0 Å². The van der Waals surface area contributed by atoms with Gasteiger partial charge in [0.05, 0.1) is 10.8 Å². The molecule has 0 radical (unpaired) electrons. The molecule has 3 rings (SSSR count). The summed E-state index contributed by atoms with van der Waals surface area (Å²) in [4.78, 5) is 5.89. The molecule has 1 aliphatic heterocycles. The molecule has 1 aromatic heterocycles. The molecule has 9 heteroatoms. The Morgan fingerprint density at radius 1 is 1.24 bits per heavy atom. The molecule has 0 aromatic carbocycles. The fraction of sp³-hybridized carbons (Fsp3) is 0.688. The normalized spacial score (nSPS) is 20.3. The zero-order valence-electron chi connectivity index (χ0n) is 14.0. The molecule has 2 fully saturated rings. The molecule has 2 aliphatic rings. The summed E-state index contributed by atoms with van der Waals surface area (Å²) in [5.74, 6) is 0.549. The lowest BCUT2D eigenvalue weighted by Crippen LogP contribution is -2.40. The summed E-state index contributed by atoms with van der Waals surface area (Å²) in [7, 11) is -1.55. The lowest BCUT2D eigenvalue weighted by atomic mass is 9.97. The Labute approximate surface area is 145 Å². The van der Waals surface area contributed by atoms with Crippen molar-refractivity contribution in [1.29, 1.82) is 0 Å². The highest BCUT2D eigenvalue weighted by Crippen LogP contribution is 2.33. The predicted octanol–water partition coefficient (Wildman–Crippen LogP) is 2.74. The van der Waals surface area contributed by atoms with Gasteiger partial charge in [-0.2, -0.15) is 13.2 Å². The van der Waals surface area contributed by atoms with Gasteiger partial charge < -0.3 is 4.90 Å². The number of anilines is 1. The first-order valence-corrected chi connectivity index (χ1v) is 9.91. The third-order valence-electron chi connectivity index (χ3n) is 4.91. The number of aromatic nitrogens is 1. The summed E-state index contributed by atoms with van der Waals surface area (Å²) >= 11 is 0. The third-order valence-corrected chi connectivity index (χ3v) is 7.24. The smallest absolute Gasteiger partial charge is 0.357 e. The Kier molecular flexibility index (Phi) is 4.98. The molecule has 2 heterocycles. The topological polar surface area (TPSA) is 53.5 Å². The van der Waals surface area contributed by atoms with E-state index in [1.54, 1.807) is 7.05 Å². The number of piperidine rings is 1. The van der Waals surface area contributed by atoms with E-state index in [1.165, 1.54) is 10.5 Å². The highest BCUT2D eigenvalue weighted by atomic mass is 32.2. The zero-order chi connectivity index (χ0) is 18.2. The van der Waals surface area contributed by atoms with Crippen LogP contribution in [0.3, 0.4) is 0 Å². The van der Waals surface area contributed by atoms with E-state index >= 15 is 0 Å². The van der Waals surface area contributed by atoms with E-state index in [9.17, 15) is 21.6 Å². The van der Waals surface area contributed by atoms with Gasteiger partial charge in [-0.25, -0.2) is 17.7 Å². The lowest BCUT2D eigenvalue weighted by Gasteiger charge is -2.34. The number of hydrogen-bond donors (Lipinski definition) is 0. The Bertz CT molecular complexity index is 712. The number of nitrogens with zero attached hydrogens (tertiary/aromatic N) is 3. The second-order valence-electron chi connectivity index (χ2n) is 6.86. The van der Waals surface area contributed by atoms with Crippen molar-refractivity contribution in [2.24, 2.45) is 5.92 Å². The van der Waals surface area contributed by atoms with E-state index < -0.39 is 21.8 Å². The van der Waals surface area contributed by atoms with Crippen molar-refractivity contribution in [3.05, 3.63) is 23.9 Å². The van der Waals surface area contributed by atoms with Crippen LogP contribution in [0.2, 0.25) is 0 Å². The summed E-state index contributed by atoms with van der Waals surface area (Å²) in [6, 6.07) is 2.04. The molecule has 0 N–H and O–H groups in total. The lowest BCUT2D eigenvalue weighted by molar-refractivity contribution is -0.137. The van der Waals surface area contributed by atoms with Gasteiger partial charge >= 0.3 is 6.18 Å². The van der Waals surface area contributed by atoms with Crippen molar-refractivity contribution in [1.82, 2.24) is 9.29 Å². The largest absolute Gasteiger partial charge is 0.416 e. The van der Waals surface area contributed by atoms with Gasteiger partial charge in [0.25, 0.3) is 0 Å². The van der Waals surface area contributed by atoms with Crippen molar-refractivity contribution < 1.29 is 21.6 Å². The van der Waals surface area contributed by atoms with Crippen LogP contribution < -0.4 is 4.90 Å². The van der Waals surface area contributed by atoms with E-state index in [4.69, 9.17) is 0 Å². The van der Waals surface area contributed by atoms with Crippen molar-refractivity contribution in [3.63, 3.8) is 0 Å². The van der Waals surface area contributed by atoms with Crippen LogP contribution in [0.1, 0.15) is 31.2 Å². The Morgan fingerprint density at radius 3 is 2.44 bits per heavy atom. The molecule has 5 nitrogen and oxygen atoms in total. The van der Waals surface area contributed by atoms with Crippen LogP contribution >= 0.6 is 0 Å². The van der Waals surface area contributed by atoms with Crippen LogP contribution in [0, 0.1) is 5.92 Å². The molecule has 1 aromatic rings. The molecule has 0 amide bonds. The summed E-state index contributed by atoms with van der Waals surface area (Å²) in [5, 5.41) is -0.216. The molecule has 140 valence electrons. The standard InChI is InChI=1S/C16H22F3N3O2S/c1-21(25(23,24)14-2-3-14)11-12-5-8-22(9-6-12)15-10-13(4-7-20-15)16(17,18)19/h4,7,10,12,14H,2-3,5-6,8-9,11H2,1H3. The molecule has 25 heavy (non-hydrogen) atoms. The Morgan fingerprint density at radius 2 is 1.88 bits per heavy atom. The van der Waals surface area contributed by atoms with Gasteiger partial charge in [-0.3, -0.25) is 0 Å². The minimum atomic E-state index is -4.38. The van der Waals surface area contributed by atoms with Crippen LogP contribution in [0.15, 0.2) is 18.3 Å². The van der Waals surface area contributed by atoms with Crippen LogP contribution in [-0.4, -0.2) is 49.6 Å². The minimum absolute atomic E-state index is 0.216. The Balaban J connectivity index is 1.57. The zero-order valence-corrected chi connectivity index (χ0v) is 14.9. The van der Waals surface area contributed by atoms with Crippen molar-refractivity contribution in [2.75, 3.05) is 31.6 Å². The molecular formula is C16H22F3N3O2S. The minimum Gasteiger partial charge on any atom is -0.357 e. The number of halogens is 3. The number of pyridine rings is 1. The highest BCUT2D eigenvalue weighted by Gasteiger charge is 2.39. The molecular weight excluding hydrogens is 355 g/mol. The van der Waals surface area contributed by atoms with Crippen LogP contribution in [0.25, 0.3) is 0 Å². The van der Waals surface area contributed by atoms with Gasteiger partial charge in [-0.15, -0.1) is 0 Å². The van der Waals surface area contributed by atoms with Crippen molar-refractivity contribution >= 4 is 15.8 Å². The summed E-state index contributed by atoms with van der Waals surface area (Å²) < 4.78 is 64.3. The molecule has 1 aliphatic carbocycles. The first-order valence-electron chi connectivity index (χ1n) is 8.41. The number of hydrogen-bond acceptors (Lipinski definition) is 4. The van der Waals surface area contributed by atoms with E-state index in [-0.39, 0.29) is 11.2 Å². The van der Waals surface area contributed by atoms with Gasteiger partial charge in [0.1, 0.15) is 5.82 Å². The first kappa shape index (κ1) is 18.4. The maximum absolute atomic E-state index is 12.8. The quantitative estimate of drug-likeness (QED) is 0.792. The van der Waals surface area contributed by atoms with Gasteiger partial charge in [0.2, 0.25) is 10.0 Å². The van der Waals surface area contributed by atoms with E-state index in [0.29, 0.717) is 25.5 Å². The molecule has 0 atom stereocenters. The maximum atomic E-state index is 12.8. The molecule has 0 bridgehead atoms. The SMILES string of the molecule is CN(CC1CCN(c2cc(C(F)(F)F)ccn2)CC1)S(=O)(=O)C1CC1.